The number of aryl methyl sites for hydroxylation is 1. The first-order valence-corrected chi connectivity index (χ1v) is 12.2. The van der Waals surface area contributed by atoms with Crippen LogP contribution < -0.4 is 10.1 Å². The molecule has 190 valence electrons. The van der Waals surface area contributed by atoms with Gasteiger partial charge in [-0.15, -0.1) is 0 Å². The second-order valence-corrected chi connectivity index (χ2v) is 9.11. The summed E-state index contributed by atoms with van der Waals surface area (Å²) < 4.78 is 12.8. The Bertz CT molecular complexity index is 1230. The summed E-state index contributed by atoms with van der Waals surface area (Å²) in [6, 6.07) is 16.4. The molecule has 0 radical (unpaired) electrons. The number of methoxy groups -OCH3 is 2. The lowest BCUT2D eigenvalue weighted by molar-refractivity contribution is -0.134. The Hall–Kier alpha value is -3.49. The average Bonchev–Trinajstić information content (AvgIpc) is 3.37. The van der Waals surface area contributed by atoms with Crippen LogP contribution in [0.25, 0.3) is 0 Å². The number of carbonyl (C=O) groups excluding carboxylic acids is 2. The van der Waals surface area contributed by atoms with Gasteiger partial charge in [0.2, 0.25) is 5.91 Å². The van der Waals surface area contributed by atoms with E-state index in [4.69, 9.17) is 21.1 Å². The van der Waals surface area contributed by atoms with E-state index in [1.807, 2.05) is 60.5 Å². The number of hydrogen-bond acceptors (Lipinski definition) is 4. The summed E-state index contributed by atoms with van der Waals surface area (Å²) in [7, 11) is 3.19. The molecule has 1 aromatic heterocycles. The van der Waals surface area contributed by atoms with Gasteiger partial charge in [-0.25, -0.2) is 4.79 Å². The van der Waals surface area contributed by atoms with Crippen molar-refractivity contribution >= 4 is 29.2 Å². The van der Waals surface area contributed by atoms with Crippen LogP contribution in [0.2, 0.25) is 5.02 Å². The number of fused-ring (bicyclic) bond motifs is 1. The molecule has 3 aromatic rings. The minimum absolute atomic E-state index is 0.0873. The molecule has 1 aliphatic rings. The number of hydrogen-bond donors (Lipinski definition) is 1. The molecule has 3 amide bonds. The van der Waals surface area contributed by atoms with Gasteiger partial charge in [-0.05, 0) is 54.4 Å². The largest absolute Gasteiger partial charge is 0.497 e. The van der Waals surface area contributed by atoms with Crippen molar-refractivity contribution in [1.82, 2.24) is 14.4 Å². The van der Waals surface area contributed by atoms with Crippen LogP contribution in [0.1, 0.15) is 22.9 Å². The Morgan fingerprint density at radius 2 is 1.94 bits per heavy atom. The van der Waals surface area contributed by atoms with Crippen molar-refractivity contribution in [2.45, 2.75) is 19.5 Å². The Morgan fingerprint density at radius 1 is 1.11 bits per heavy atom. The van der Waals surface area contributed by atoms with E-state index in [2.05, 4.69) is 9.88 Å². The number of aromatic nitrogens is 1. The number of anilines is 1. The summed E-state index contributed by atoms with van der Waals surface area (Å²) in [6.45, 7) is 3.58. The molecular formula is C27H31ClN4O4. The van der Waals surface area contributed by atoms with E-state index in [9.17, 15) is 9.59 Å². The molecule has 1 N–H and O–H groups in total. The van der Waals surface area contributed by atoms with Crippen molar-refractivity contribution in [3.05, 3.63) is 82.6 Å². The quantitative estimate of drug-likeness (QED) is 0.481. The van der Waals surface area contributed by atoms with Crippen LogP contribution in [0.5, 0.6) is 5.75 Å². The summed E-state index contributed by atoms with van der Waals surface area (Å²) >= 11 is 6.22. The van der Waals surface area contributed by atoms with Gasteiger partial charge in [-0.2, -0.15) is 0 Å². The van der Waals surface area contributed by atoms with E-state index in [1.54, 1.807) is 26.4 Å². The first kappa shape index (κ1) is 25.6. The lowest BCUT2D eigenvalue weighted by Crippen LogP contribution is -2.49. The highest BCUT2D eigenvalue weighted by Gasteiger charge is 2.33. The zero-order valence-corrected chi connectivity index (χ0v) is 21.5. The molecule has 1 aliphatic heterocycles. The Morgan fingerprint density at radius 3 is 2.69 bits per heavy atom. The number of nitrogens with zero attached hydrogens (tertiary/aromatic N) is 3. The molecule has 2 aromatic carbocycles. The number of nitrogens with one attached hydrogen (secondary N) is 1. The van der Waals surface area contributed by atoms with E-state index < -0.39 is 6.03 Å². The van der Waals surface area contributed by atoms with Crippen LogP contribution in [-0.4, -0.2) is 66.8 Å². The molecule has 8 nitrogen and oxygen atoms in total. The van der Waals surface area contributed by atoms with Crippen LogP contribution in [0, 0.1) is 6.92 Å². The van der Waals surface area contributed by atoms with E-state index in [1.165, 1.54) is 4.90 Å². The number of carbonyl (C=O) groups is 2. The topological polar surface area (TPSA) is 76.0 Å². The van der Waals surface area contributed by atoms with Gasteiger partial charge in [0.05, 0.1) is 19.8 Å². The van der Waals surface area contributed by atoms with Gasteiger partial charge >= 0.3 is 6.03 Å². The summed E-state index contributed by atoms with van der Waals surface area (Å²) in [6.07, 6.45) is 2.02. The number of ether oxygens (including phenoxy) is 2. The van der Waals surface area contributed by atoms with Crippen LogP contribution >= 0.6 is 11.6 Å². The monoisotopic (exact) mass is 510 g/mol. The molecule has 0 bridgehead atoms. The summed E-state index contributed by atoms with van der Waals surface area (Å²) in [5.41, 5.74) is 3.45. The minimum atomic E-state index is -0.390. The number of amides is 3. The van der Waals surface area contributed by atoms with Crippen LogP contribution in [0.15, 0.2) is 60.8 Å². The van der Waals surface area contributed by atoms with Crippen molar-refractivity contribution < 1.29 is 19.1 Å². The molecule has 36 heavy (non-hydrogen) atoms. The van der Waals surface area contributed by atoms with Crippen molar-refractivity contribution in [1.29, 1.82) is 0 Å². The molecule has 4 rings (SSSR count). The van der Waals surface area contributed by atoms with Crippen LogP contribution in [0.4, 0.5) is 10.5 Å². The smallest absolute Gasteiger partial charge is 0.322 e. The predicted octanol–water partition coefficient (Wildman–Crippen LogP) is 4.57. The highest BCUT2D eigenvalue weighted by molar-refractivity contribution is 6.31. The highest BCUT2D eigenvalue weighted by atomic mass is 35.5. The Kier molecular flexibility index (Phi) is 8.18. The fourth-order valence-corrected chi connectivity index (χ4v) is 4.58. The normalized spacial score (nSPS) is 14.8. The van der Waals surface area contributed by atoms with Gasteiger partial charge in [0, 0.05) is 49.3 Å². The second kappa shape index (κ2) is 11.5. The number of benzene rings is 2. The fourth-order valence-electron chi connectivity index (χ4n) is 4.40. The van der Waals surface area contributed by atoms with E-state index in [-0.39, 0.29) is 25.0 Å². The maximum absolute atomic E-state index is 13.7. The molecule has 0 saturated heterocycles. The SMILES string of the molecule is COCCN(CC(=O)N1CCn2cccc2C1c1cccc(OC)c1)C(=O)Nc1ccc(C)c(Cl)c1. The molecule has 1 unspecified atom stereocenters. The number of urea groups is 1. The van der Waals surface area contributed by atoms with Gasteiger partial charge < -0.3 is 29.2 Å². The zero-order chi connectivity index (χ0) is 25.7. The average molecular weight is 511 g/mol. The van der Waals surface area contributed by atoms with Crippen molar-refractivity contribution in [2.75, 3.05) is 45.8 Å². The Labute approximate surface area is 216 Å². The summed E-state index contributed by atoms with van der Waals surface area (Å²) in [5.74, 6) is 0.574. The second-order valence-electron chi connectivity index (χ2n) is 8.70. The summed E-state index contributed by atoms with van der Waals surface area (Å²) in [5, 5.41) is 3.41. The fraction of sp³-hybridized carbons (Fsp3) is 0.333. The molecule has 0 saturated carbocycles. The maximum atomic E-state index is 13.7. The molecular weight excluding hydrogens is 480 g/mol. The van der Waals surface area contributed by atoms with Crippen molar-refractivity contribution in [3.63, 3.8) is 0 Å². The number of halogens is 1. The maximum Gasteiger partial charge on any atom is 0.322 e. The van der Waals surface area contributed by atoms with Gasteiger partial charge in [0.1, 0.15) is 12.3 Å². The van der Waals surface area contributed by atoms with Gasteiger partial charge in [0.15, 0.2) is 0 Å². The summed E-state index contributed by atoms with van der Waals surface area (Å²) in [4.78, 5) is 30.2. The van der Waals surface area contributed by atoms with Crippen LogP contribution in [-0.2, 0) is 16.1 Å². The van der Waals surface area contributed by atoms with E-state index >= 15 is 0 Å². The molecule has 0 fully saturated rings. The first-order chi connectivity index (χ1) is 17.4. The van der Waals surface area contributed by atoms with Crippen LogP contribution in [0.3, 0.4) is 0 Å². The standard InChI is InChI=1S/C27H31ClN4O4/c1-19-9-10-21(17-23(19)28)29-27(34)31(14-15-35-2)18-25(33)32-13-12-30-11-5-8-24(30)26(32)20-6-4-7-22(16-20)36-3/h4-11,16-17,26H,12-15,18H2,1-3H3,(H,29,34). The van der Waals surface area contributed by atoms with Gasteiger partial charge in [-0.3, -0.25) is 4.79 Å². The number of rotatable bonds is 8. The third-order valence-corrected chi connectivity index (χ3v) is 6.78. The Balaban J connectivity index is 1.57. The predicted molar refractivity (Wildman–Crippen MR) is 140 cm³/mol. The molecule has 1 atom stereocenters. The first-order valence-electron chi connectivity index (χ1n) is 11.8. The highest BCUT2D eigenvalue weighted by Crippen LogP contribution is 2.34. The zero-order valence-electron chi connectivity index (χ0n) is 20.7. The van der Waals surface area contributed by atoms with Crippen molar-refractivity contribution in [2.24, 2.45) is 0 Å². The lowest BCUT2D eigenvalue weighted by atomic mass is 9.99. The van der Waals surface area contributed by atoms with Gasteiger partial charge in [0.25, 0.3) is 0 Å². The molecule has 9 heteroatoms. The lowest BCUT2D eigenvalue weighted by Gasteiger charge is -2.38. The molecule has 2 heterocycles. The van der Waals surface area contributed by atoms with Gasteiger partial charge in [-0.1, -0.05) is 29.8 Å². The van der Waals surface area contributed by atoms with E-state index in [0.29, 0.717) is 30.4 Å². The third kappa shape index (κ3) is 5.66. The third-order valence-electron chi connectivity index (χ3n) is 6.37. The van der Waals surface area contributed by atoms with E-state index in [0.717, 1.165) is 22.6 Å². The van der Waals surface area contributed by atoms with Crippen molar-refractivity contribution in [3.8, 4) is 5.75 Å². The molecule has 0 aliphatic carbocycles. The minimum Gasteiger partial charge on any atom is -0.497 e. The molecule has 0 spiro atoms.